The molecule has 9 heteroatoms. The number of anilines is 1. The Kier molecular flexibility index (Phi) is 7.56. The summed E-state index contributed by atoms with van der Waals surface area (Å²) in [5.41, 5.74) is 0.591. The van der Waals surface area contributed by atoms with Crippen molar-refractivity contribution in [2.75, 3.05) is 17.8 Å². The van der Waals surface area contributed by atoms with Crippen LogP contribution in [0.3, 0.4) is 0 Å². The Hall–Kier alpha value is -2.58. The first-order chi connectivity index (χ1) is 14.8. The first-order valence-corrected chi connectivity index (χ1v) is 12.1. The van der Waals surface area contributed by atoms with Crippen molar-refractivity contribution in [1.82, 2.24) is 10.2 Å². The van der Waals surface area contributed by atoms with Crippen LogP contribution in [0.25, 0.3) is 0 Å². The molecule has 1 aliphatic heterocycles. The van der Waals surface area contributed by atoms with Gasteiger partial charge in [0.25, 0.3) is 15.9 Å². The maximum atomic E-state index is 13.1. The number of rotatable bonds is 8. The van der Waals surface area contributed by atoms with E-state index in [1.54, 1.807) is 23.1 Å². The van der Waals surface area contributed by atoms with Gasteiger partial charge in [0.15, 0.2) is 0 Å². The van der Waals surface area contributed by atoms with Gasteiger partial charge in [-0.1, -0.05) is 31.0 Å². The number of carbonyl (C=O) groups excluding carboxylic acids is 2. The Labute approximate surface area is 187 Å². The van der Waals surface area contributed by atoms with Gasteiger partial charge in [0.05, 0.1) is 4.90 Å². The van der Waals surface area contributed by atoms with E-state index in [9.17, 15) is 18.0 Å². The summed E-state index contributed by atoms with van der Waals surface area (Å²) in [4.78, 5) is 27.2. The van der Waals surface area contributed by atoms with Gasteiger partial charge < -0.3 is 10.2 Å². The van der Waals surface area contributed by atoms with Gasteiger partial charge >= 0.3 is 0 Å². The number of halogens is 1. The Morgan fingerprint density at radius 2 is 1.90 bits per heavy atom. The van der Waals surface area contributed by atoms with E-state index in [-0.39, 0.29) is 22.4 Å². The molecule has 1 saturated heterocycles. The SMILES string of the molecule is CCCCNC(=O)C1CCCN1C(=O)c1cccc(NS(=O)(=O)c2ccc(Cl)cc2)c1. The molecule has 0 aliphatic carbocycles. The Balaban J connectivity index is 1.73. The van der Waals surface area contributed by atoms with Crippen LogP contribution in [0.2, 0.25) is 5.02 Å². The zero-order chi connectivity index (χ0) is 22.4. The molecule has 0 aromatic heterocycles. The predicted molar refractivity (Wildman–Crippen MR) is 121 cm³/mol. The molecule has 1 fully saturated rings. The summed E-state index contributed by atoms with van der Waals surface area (Å²) in [6.07, 6.45) is 3.24. The van der Waals surface area contributed by atoms with Crippen LogP contribution in [0.15, 0.2) is 53.4 Å². The average Bonchev–Trinajstić information content (AvgIpc) is 3.23. The minimum Gasteiger partial charge on any atom is -0.354 e. The molecule has 2 aromatic rings. The second-order valence-electron chi connectivity index (χ2n) is 7.44. The number of amides is 2. The lowest BCUT2D eigenvalue weighted by Gasteiger charge is -2.24. The number of nitrogens with one attached hydrogen (secondary N) is 2. The molecule has 1 aliphatic rings. The third-order valence-electron chi connectivity index (χ3n) is 5.13. The second kappa shape index (κ2) is 10.2. The van der Waals surface area contributed by atoms with Gasteiger partial charge in [-0.05, 0) is 61.7 Å². The van der Waals surface area contributed by atoms with Gasteiger partial charge in [0, 0.05) is 29.4 Å². The maximum absolute atomic E-state index is 13.1. The first kappa shape index (κ1) is 23.1. The van der Waals surface area contributed by atoms with E-state index < -0.39 is 16.1 Å². The van der Waals surface area contributed by atoms with E-state index in [1.165, 1.54) is 30.3 Å². The maximum Gasteiger partial charge on any atom is 0.261 e. The summed E-state index contributed by atoms with van der Waals surface area (Å²) in [6, 6.07) is 11.6. The van der Waals surface area contributed by atoms with E-state index in [1.807, 2.05) is 6.92 Å². The topological polar surface area (TPSA) is 95.6 Å². The fraction of sp³-hybridized carbons (Fsp3) is 0.364. The first-order valence-electron chi connectivity index (χ1n) is 10.3. The molecule has 3 rings (SSSR count). The molecule has 0 spiro atoms. The minimum atomic E-state index is -3.83. The molecule has 1 unspecified atom stereocenters. The molecule has 0 saturated carbocycles. The average molecular weight is 464 g/mol. The number of unbranched alkanes of at least 4 members (excludes halogenated alkanes) is 1. The molecule has 31 heavy (non-hydrogen) atoms. The third-order valence-corrected chi connectivity index (χ3v) is 6.78. The van der Waals surface area contributed by atoms with Crippen molar-refractivity contribution in [3.63, 3.8) is 0 Å². The van der Waals surface area contributed by atoms with Crippen molar-refractivity contribution < 1.29 is 18.0 Å². The van der Waals surface area contributed by atoms with Gasteiger partial charge in [0.1, 0.15) is 6.04 Å². The molecule has 0 radical (unpaired) electrons. The summed E-state index contributed by atoms with van der Waals surface area (Å²) in [5, 5.41) is 3.33. The van der Waals surface area contributed by atoms with E-state index in [0.717, 1.165) is 19.3 Å². The molecule has 2 aromatic carbocycles. The Morgan fingerprint density at radius 3 is 2.61 bits per heavy atom. The largest absolute Gasteiger partial charge is 0.354 e. The Morgan fingerprint density at radius 1 is 1.16 bits per heavy atom. The molecule has 2 N–H and O–H groups in total. The summed E-state index contributed by atoms with van der Waals surface area (Å²) >= 11 is 5.82. The van der Waals surface area contributed by atoms with Crippen molar-refractivity contribution in [2.45, 2.75) is 43.5 Å². The highest BCUT2D eigenvalue weighted by molar-refractivity contribution is 7.92. The number of carbonyl (C=O) groups is 2. The molecule has 1 heterocycles. The van der Waals surface area contributed by atoms with Crippen LogP contribution in [0.4, 0.5) is 5.69 Å². The molecule has 166 valence electrons. The fourth-order valence-corrected chi connectivity index (χ4v) is 4.67. The molecular weight excluding hydrogens is 438 g/mol. The van der Waals surface area contributed by atoms with Crippen molar-refractivity contribution in [2.24, 2.45) is 0 Å². The number of benzene rings is 2. The van der Waals surface area contributed by atoms with Crippen LogP contribution in [-0.4, -0.2) is 44.3 Å². The third kappa shape index (κ3) is 5.77. The molecule has 0 bridgehead atoms. The minimum absolute atomic E-state index is 0.0667. The zero-order valence-corrected chi connectivity index (χ0v) is 18.9. The standard InChI is InChI=1S/C22H26ClN3O4S/c1-2-3-13-24-21(27)20-8-5-14-26(20)22(28)16-6-4-7-18(15-16)25-31(29,30)19-11-9-17(23)10-12-19/h4,6-7,9-12,15,20,25H,2-3,5,8,13-14H2,1H3,(H,24,27). The van der Waals surface area contributed by atoms with Gasteiger partial charge in [0.2, 0.25) is 5.91 Å². The summed E-state index contributed by atoms with van der Waals surface area (Å²) in [7, 11) is -3.83. The van der Waals surface area contributed by atoms with Gasteiger partial charge in [-0.3, -0.25) is 14.3 Å². The van der Waals surface area contributed by atoms with Crippen molar-refractivity contribution in [3.8, 4) is 0 Å². The fourth-order valence-electron chi connectivity index (χ4n) is 3.50. The highest BCUT2D eigenvalue weighted by Crippen LogP contribution is 2.23. The summed E-state index contributed by atoms with van der Waals surface area (Å²) in [6.45, 7) is 3.13. The van der Waals surface area contributed by atoms with E-state index in [0.29, 0.717) is 30.1 Å². The van der Waals surface area contributed by atoms with E-state index >= 15 is 0 Å². The van der Waals surface area contributed by atoms with Gasteiger partial charge in [-0.2, -0.15) is 0 Å². The van der Waals surface area contributed by atoms with Crippen molar-refractivity contribution in [3.05, 3.63) is 59.1 Å². The van der Waals surface area contributed by atoms with Crippen LogP contribution in [-0.2, 0) is 14.8 Å². The number of sulfonamides is 1. The zero-order valence-electron chi connectivity index (χ0n) is 17.3. The lowest BCUT2D eigenvalue weighted by molar-refractivity contribution is -0.124. The van der Waals surface area contributed by atoms with Crippen LogP contribution < -0.4 is 10.0 Å². The summed E-state index contributed by atoms with van der Waals surface area (Å²) < 4.78 is 27.7. The Bertz CT molecular complexity index is 1040. The van der Waals surface area contributed by atoms with E-state index in [2.05, 4.69) is 10.0 Å². The number of hydrogen-bond acceptors (Lipinski definition) is 4. The normalized spacial score (nSPS) is 16.2. The molecular formula is C22H26ClN3O4S. The lowest BCUT2D eigenvalue weighted by Crippen LogP contribution is -2.46. The molecule has 1 atom stereocenters. The predicted octanol–water partition coefficient (Wildman–Crippen LogP) is 3.66. The highest BCUT2D eigenvalue weighted by Gasteiger charge is 2.34. The second-order valence-corrected chi connectivity index (χ2v) is 9.56. The smallest absolute Gasteiger partial charge is 0.261 e. The summed E-state index contributed by atoms with van der Waals surface area (Å²) in [5.74, 6) is -0.431. The lowest BCUT2D eigenvalue weighted by atomic mass is 10.1. The van der Waals surface area contributed by atoms with Crippen molar-refractivity contribution in [1.29, 1.82) is 0 Å². The van der Waals surface area contributed by atoms with Gasteiger partial charge in [-0.25, -0.2) is 8.42 Å². The number of hydrogen-bond donors (Lipinski definition) is 2. The quantitative estimate of drug-likeness (QED) is 0.584. The van der Waals surface area contributed by atoms with Gasteiger partial charge in [-0.15, -0.1) is 0 Å². The highest BCUT2D eigenvalue weighted by atomic mass is 35.5. The van der Waals surface area contributed by atoms with Crippen LogP contribution in [0, 0.1) is 0 Å². The number of nitrogens with zero attached hydrogens (tertiary/aromatic N) is 1. The van der Waals surface area contributed by atoms with Crippen LogP contribution in [0.1, 0.15) is 43.0 Å². The molecule has 7 nitrogen and oxygen atoms in total. The monoisotopic (exact) mass is 463 g/mol. The molecule has 2 amide bonds. The van der Waals surface area contributed by atoms with E-state index in [4.69, 9.17) is 11.6 Å². The van der Waals surface area contributed by atoms with Crippen LogP contribution in [0.5, 0.6) is 0 Å². The van der Waals surface area contributed by atoms with Crippen molar-refractivity contribution >= 4 is 39.1 Å². The van der Waals surface area contributed by atoms with Crippen LogP contribution >= 0.6 is 11.6 Å². The number of likely N-dealkylation sites (tertiary alicyclic amines) is 1.